The molecular weight excluding hydrogens is 330 g/mol. The minimum atomic E-state index is 0. The van der Waals surface area contributed by atoms with Crippen LogP contribution in [0.3, 0.4) is 0 Å². The third-order valence-corrected chi connectivity index (χ3v) is 4.07. The Morgan fingerprint density at radius 2 is 1.67 bits per heavy atom. The quantitative estimate of drug-likeness (QED) is 0.784. The minimum absolute atomic E-state index is 0. The van der Waals surface area contributed by atoms with E-state index in [0.717, 1.165) is 18.7 Å². The van der Waals surface area contributed by atoms with Gasteiger partial charge in [0, 0.05) is 38.2 Å². The maximum Gasteiger partial charge on any atom is 0.253 e. The van der Waals surface area contributed by atoms with Crippen LogP contribution in [-0.4, -0.2) is 68.5 Å². The molecule has 1 heterocycles. The number of methoxy groups -OCH3 is 1. The van der Waals surface area contributed by atoms with E-state index in [4.69, 9.17) is 4.74 Å². The van der Waals surface area contributed by atoms with Gasteiger partial charge in [-0.15, -0.1) is 12.4 Å². The number of halogens is 1. The average Bonchev–Trinajstić information content (AvgIpc) is 2.61. The number of hydrogen-bond acceptors (Lipinski definition) is 4. The van der Waals surface area contributed by atoms with Crippen LogP contribution >= 0.6 is 12.4 Å². The van der Waals surface area contributed by atoms with E-state index in [0.29, 0.717) is 38.2 Å². The van der Waals surface area contributed by atoms with Crippen molar-refractivity contribution in [2.45, 2.75) is 12.8 Å². The molecule has 1 aliphatic heterocycles. The fraction of sp³-hybridized carbons (Fsp3) is 0.529. The highest BCUT2D eigenvalue weighted by atomic mass is 35.5. The second-order valence-corrected chi connectivity index (χ2v) is 5.61. The van der Waals surface area contributed by atoms with Crippen molar-refractivity contribution in [2.24, 2.45) is 0 Å². The van der Waals surface area contributed by atoms with Crippen molar-refractivity contribution in [3.63, 3.8) is 0 Å². The molecule has 24 heavy (non-hydrogen) atoms. The largest absolute Gasteiger partial charge is 0.497 e. The number of amides is 2. The maximum atomic E-state index is 12.5. The first-order valence-electron chi connectivity index (χ1n) is 8.01. The van der Waals surface area contributed by atoms with Gasteiger partial charge in [-0.25, -0.2) is 0 Å². The van der Waals surface area contributed by atoms with Gasteiger partial charge in [0.2, 0.25) is 5.91 Å². The molecule has 1 N–H and O–H groups in total. The molecule has 1 aromatic carbocycles. The number of carbonyl (C=O) groups is 2. The zero-order valence-corrected chi connectivity index (χ0v) is 15.1. The first-order chi connectivity index (χ1) is 11.2. The summed E-state index contributed by atoms with van der Waals surface area (Å²) >= 11 is 0. The third kappa shape index (κ3) is 5.39. The predicted octanol–water partition coefficient (Wildman–Crippen LogP) is 1.40. The molecule has 0 radical (unpaired) electrons. The number of carbonyl (C=O) groups excluding carboxylic acids is 2. The van der Waals surface area contributed by atoms with Gasteiger partial charge in [0.05, 0.1) is 7.11 Å². The van der Waals surface area contributed by atoms with Crippen LogP contribution < -0.4 is 10.1 Å². The monoisotopic (exact) mass is 355 g/mol. The summed E-state index contributed by atoms with van der Waals surface area (Å²) in [5.41, 5.74) is 0.652. The number of piperazine rings is 1. The molecule has 7 heteroatoms. The lowest BCUT2D eigenvalue weighted by atomic mass is 10.1. The van der Waals surface area contributed by atoms with Gasteiger partial charge in [-0.1, -0.05) is 0 Å². The minimum Gasteiger partial charge on any atom is -0.497 e. The van der Waals surface area contributed by atoms with E-state index in [1.165, 1.54) is 0 Å². The summed E-state index contributed by atoms with van der Waals surface area (Å²) in [5.74, 6) is 0.922. The summed E-state index contributed by atoms with van der Waals surface area (Å²) < 4.78 is 5.10. The van der Waals surface area contributed by atoms with Crippen LogP contribution in [0.4, 0.5) is 0 Å². The molecule has 0 atom stereocenters. The summed E-state index contributed by atoms with van der Waals surface area (Å²) in [7, 11) is 3.48. The van der Waals surface area contributed by atoms with Gasteiger partial charge in [0.15, 0.2) is 0 Å². The first kappa shape index (κ1) is 20.3. The molecule has 2 rings (SSSR count). The zero-order valence-electron chi connectivity index (χ0n) is 14.3. The molecule has 0 aliphatic carbocycles. The summed E-state index contributed by atoms with van der Waals surface area (Å²) in [6.07, 6.45) is 1.41. The standard InChI is InChI=1S/C17H25N3O3.ClH/c1-18-9-3-4-16(21)19-10-12-20(13-11-19)17(22)14-5-7-15(23-2)8-6-14;/h5-8,18H,3-4,9-13H2,1-2H3;1H. The van der Waals surface area contributed by atoms with Crippen molar-refractivity contribution in [2.75, 3.05) is 46.9 Å². The van der Waals surface area contributed by atoms with Crippen LogP contribution in [0.15, 0.2) is 24.3 Å². The molecule has 0 aromatic heterocycles. The molecule has 2 amide bonds. The smallest absolute Gasteiger partial charge is 0.253 e. The van der Waals surface area contributed by atoms with Gasteiger partial charge in [0.1, 0.15) is 5.75 Å². The van der Waals surface area contributed by atoms with E-state index in [2.05, 4.69) is 5.32 Å². The van der Waals surface area contributed by atoms with E-state index in [9.17, 15) is 9.59 Å². The Morgan fingerprint density at radius 1 is 1.08 bits per heavy atom. The normalized spacial score (nSPS) is 14.1. The zero-order chi connectivity index (χ0) is 16.7. The van der Waals surface area contributed by atoms with Crippen molar-refractivity contribution < 1.29 is 14.3 Å². The molecule has 134 valence electrons. The highest BCUT2D eigenvalue weighted by Gasteiger charge is 2.24. The molecule has 0 spiro atoms. The lowest BCUT2D eigenvalue weighted by molar-refractivity contribution is -0.132. The molecule has 1 fully saturated rings. The van der Waals surface area contributed by atoms with E-state index in [-0.39, 0.29) is 24.2 Å². The third-order valence-electron chi connectivity index (χ3n) is 4.07. The number of hydrogen-bond donors (Lipinski definition) is 1. The van der Waals surface area contributed by atoms with Crippen LogP contribution in [0.1, 0.15) is 23.2 Å². The second-order valence-electron chi connectivity index (χ2n) is 5.61. The Balaban J connectivity index is 0.00000288. The highest BCUT2D eigenvalue weighted by Crippen LogP contribution is 2.14. The van der Waals surface area contributed by atoms with E-state index in [1.54, 1.807) is 36.3 Å². The topological polar surface area (TPSA) is 61.9 Å². The summed E-state index contributed by atoms with van der Waals surface area (Å²) in [4.78, 5) is 28.2. The first-order valence-corrected chi connectivity index (χ1v) is 8.01. The van der Waals surface area contributed by atoms with Gasteiger partial charge < -0.3 is 19.9 Å². The number of ether oxygens (including phenoxy) is 1. The van der Waals surface area contributed by atoms with E-state index < -0.39 is 0 Å². The van der Waals surface area contributed by atoms with Crippen LogP contribution in [0, 0.1) is 0 Å². The highest BCUT2D eigenvalue weighted by molar-refractivity contribution is 5.94. The Kier molecular flexibility index (Phi) is 8.57. The van der Waals surface area contributed by atoms with Crippen LogP contribution in [0.5, 0.6) is 5.75 Å². The van der Waals surface area contributed by atoms with Gasteiger partial charge in [-0.3, -0.25) is 9.59 Å². The van der Waals surface area contributed by atoms with Crippen LogP contribution in [-0.2, 0) is 4.79 Å². The molecule has 0 unspecified atom stereocenters. The van der Waals surface area contributed by atoms with Gasteiger partial charge in [0.25, 0.3) is 5.91 Å². The number of rotatable bonds is 6. The molecule has 0 bridgehead atoms. The van der Waals surface area contributed by atoms with Gasteiger partial charge in [-0.2, -0.15) is 0 Å². The van der Waals surface area contributed by atoms with Crippen molar-refractivity contribution in [3.8, 4) is 5.75 Å². The SMILES string of the molecule is CNCCCC(=O)N1CCN(C(=O)c2ccc(OC)cc2)CC1.Cl. The summed E-state index contributed by atoms with van der Waals surface area (Å²) in [6, 6.07) is 7.12. The van der Waals surface area contributed by atoms with Crippen molar-refractivity contribution in [1.82, 2.24) is 15.1 Å². The Bertz CT molecular complexity index is 528. The van der Waals surface area contributed by atoms with Crippen LogP contribution in [0.25, 0.3) is 0 Å². The Morgan fingerprint density at radius 3 is 2.21 bits per heavy atom. The maximum absolute atomic E-state index is 12.5. The fourth-order valence-electron chi connectivity index (χ4n) is 2.65. The van der Waals surface area contributed by atoms with E-state index >= 15 is 0 Å². The number of nitrogens with one attached hydrogen (secondary N) is 1. The van der Waals surface area contributed by atoms with Gasteiger partial charge >= 0.3 is 0 Å². The Hall–Kier alpha value is -1.79. The number of benzene rings is 1. The summed E-state index contributed by atoms with van der Waals surface area (Å²) in [6.45, 7) is 3.24. The molecule has 1 aromatic rings. The Labute approximate surface area is 149 Å². The van der Waals surface area contributed by atoms with Crippen LogP contribution in [0.2, 0.25) is 0 Å². The van der Waals surface area contributed by atoms with Crippen molar-refractivity contribution in [3.05, 3.63) is 29.8 Å². The fourth-order valence-corrected chi connectivity index (χ4v) is 2.65. The lowest BCUT2D eigenvalue weighted by Crippen LogP contribution is -2.50. The van der Waals surface area contributed by atoms with E-state index in [1.807, 2.05) is 11.9 Å². The molecule has 1 aliphatic rings. The average molecular weight is 356 g/mol. The lowest BCUT2D eigenvalue weighted by Gasteiger charge is -2.35. The van der Waals surface area contributed by atoms with Gasteiger partial charge in [-0.05, 0) is 44.3 Å². The second kappa shape index (κ2) is 10.2. The molecular formula is C17H26ClN3O3. The summed E-state index contributed by atoms with van der Waals surface area (Å²) in [5, 5.41) is 3.04. The molecule has 1 saturated heterocycles. The molecule has 0 saturated carbocycles. The predicted molar refractivity (Wildman–Crippen MR) is 95.9 cm³/mol. The molecule has 6 nitrogen and oxygen atoms in total. The van der Waals surface area contributed by atoms with Crippen molar-refractivity contribution in [1.29, 1.82) is 0 Å². The van der Waals surface area contributed by atoms with Crippen molar-refractivity contribution >= 4 is 24.2 Å². The number of nitrogens with zero attached hydrogens (tertiary/aromatic N) is 2.